The molecular formula is C27H23F6N7O2. The van der Waals surface area contributed by atoms with Crippen LogP contribution >= 0.6 is 0 Å². The normalized spacial score (nSPS) is 17.5. The van der Waals surface area contributed by atoms with Crippen LogP contribution in [0.2, 0.25) is 0 Å². The fourth-order valence-electron chi connectivity index (χ4n) is 5.46. The molecule has 6 rings (SSSR count). The van der Waals surface area contributed by atoms with Gasteiger partial charge >= 0.3 is 6.18 Å². The predicted molar refractivity (Wildman–Crippen MR) is 139 cm³/mol. The van der Waals surface area contributed by atoms with Gasteiger partial charge in [-0.05, 0) is 30.5 Å². The molecule has 42 heavy (non-hydrogen) atoms. The number of likely N-dealkylation sites (N-methyl/N-ethyl adjacent to an activating group) is 1. The van der Waals surface area contributed by atoms with Crippen molar-refractivity contribution < 1.29 is 35.9 Å². The lowest BCUT2D eigenvalue weighted by atomic mass is 9.97. The van der Waals surface area contributed by atoms with Gasteiger partial charge in [0.05, 0.1) is 59.6 Å². The summed E-state index contributed by atoms with van der Waals surface area (Å²) < 4.78 is 91.2. The smallest absolute Gasteiger partial charge is 0.382 e. The fraction of sp³-hybridized carbons (Fsp3) is 0.333. The minimum atomic E-state index is -4.82. The molecule has 5 heterocycles. The van der Waals surface area contributed by atoms with E-state index in [0.29, 0.717) is 11.0 Å². The summed E-state index contributed by atoms with van der Waals surface area (Å²) >= 11 is 0. The molecular weight excluding hydrogens is 568 g/mol. The van der Waals surface area contributed by atoms with E-state index in [1.165, 1.54) is 30.5 Å². The summed E-state index contributed by atoms with van der Waals surface area (Å²) in [4.78, 5) is 28.5. The third kappa shape index (κ3) is 4.66. The van der Waals surface area contributed by atoms with Gasteiger partial charge in [-0.15, -0.1) is 0 Å². The Hall–Kier alpha value is -4.40. The molecule has 1 aromatic carbocycles. The number of nitrogen functional groups attached to an aromatic ring is 1. The Labute approximate surface area is 234 Å². The molecule has 1 unspecified atom stereocenters. The van der Waals surface area contributed by atoms with Crippen LogP contribution in [0.15, 0.2) is 42.4 Å². The third-order valence-corrected chi connectivity index (χ3v) is 7.71. The van der Waals surface area contributed by atoms with E-state index in [4.69, 9.17) is 10.5 Å². The molecule has 0 radical (unpaired) electrons. The number of rotatable bonds is 3. The van der Waals surface area contributed by atoms with Gasteiger partial charge in [-0.25, -0.2) is 19.3 Å². The lowest BCUT2D eigenvalue weighted by Crippen LogP contribution is -2.38. The van der Waals surface area contributed by atoms with E-state index in [1.54, 1.807) is 4.40 Å². The Balaban J connectivity index is 1.37. The number of hydrogen-bond acceptors (Lipinski definition) is 7. The number of benzene rings is 1. The Morgan fingerprint density at radius 2 is 1.86 bits per heavy atom. The van der Waals surface area contributed by atoms with Crippen LogP contribution in [0.4, 0.5) is 38.0 Å². The summed E-state index contributed by atoms with van der Waals surface area (Å²) in [6.07, 6.45) is -3.90. The molecule has 0 spiro atoms. The maximum Gasteiger partial charge on any atom is 0.419 e. The van der Waals surface area contributed by atoms with Gasteiger partial charge in [0, 0.05) is 31.8 Å². The number of pyridine rings is 1. The lowest BCUT2D eigenvalue weighted by molar-refractivity contribution is -0.137. The minimum Gasteiger partial charge on any atom is -0.382 e. The number of hydrogen-bond donors (Lipinski definition) is 1. The number of nitrogens with two attached hydrogens (primary N) is 1. The molecule has 1 atom stereocenters. The van der Waals surface area contributed by atoms with Crippen LogP contribution in [0.25, 0.3) is 16.6 Å². The van der Waals surface area contributed by atoms with Gasteiger partial charge in [0.25, 0.3) is 12.0 Å². The molecule has 9 nitrogen and oxygen atoms in total. The molecule has 2 N–H and O–H groups in total. The molecule has 1 amide bonds. The van der Waals surface area contributed by atoms with Gasteiger partial charge in [-0.3, -0.25) is 9.20 Å². The second-order valence-electron chi connectivity index (χ2n) is 10.2. The highest BCUT2D eigenvalue weighted by Crippen LogP contribution is 2.41. The maximum absolute atomic E-state index is 15.2. The summed E-state index contributed by atoms with van der Waals surface area (Å²) in [7, 11) is 1.34. The standard InChI is InChI=1S/C27H23F6N7O2/c1-38(26(41)14-7-20-18(8-17(14)28)36-24(34)21-9-35-12-40(20)21)22-11-42-10-19-15(22)6-16(27(31,32)33)25(37-19)39-4-2-13(3-5-39)23(29)30/h6-9,12,22H,2-5,10-11H2,1H3,(H2,34,36). The highest BCUT2D eigenvalue weighted by molar-refractivity contribution is 5.98. The van der Waals surface area contributed by atoms with Crippen LogP contribution in [0.3, 0.4) is 0 Å². The Morgan fingerprint density at radius 3 is 2.55 bits per heavy atom. The number of carbonyl (C=O) groups is 1. The van der Waals surface area contributed by atoms with Crippen LogP contribution in [-0.4, -0.2) is 56.9 Å². The van der Waals surface area contributed by atoms with Crippen molar-refractivity contribution in [3.8, 4) is 0 Å². The second-order valence-corrected chi connectivity index (χ2v) is 10.2. The summed E-state index contributed by atoms with van der Waals surface area (Å²) in [6, 6.07) is 2.25. The lowest BCUT2D eigenvalue weighted by Gasteiger charge is -2.36. The number of amides is 1. The van der Waals surface area contributed by atoms with E-state index in [2.05, 4.69) is 15.0 Å². The topological polar surface area (TPSA) is 102 Å². The summed E-state index contributed by atoms with van der Waals surface area (Å²) in [5, 5.41) is 0. The molecule has 220 valence electrons. The summed E-state index contributed by atoms with van der Waals surface area (Å²) in [5.74, 6) is -1.96. The van der Waals surface area contributed by atoms with Crippen molar-refractivity contribution in [2.24, 2.45) is 0 Å². The Bertz CT molecular complexity index is 1760. The first-order valence-corrected chi connectivity index (χ1v) is 12.9. The number of fused-ring (bicyclic) bond motifs is 4. The van der Waals surface area contributed by atoms with Crippen LogP contribution in [0, 0.1) is 5.82 Å². The summed E-state index contributed by atoms with van der Waals surface area (Å²) in [6.45, 7) is -0.389. The molecule has 2 aliphatic rings. The van der Waals surface area contributed by atoms with Gasteiger partial charge in [0.15, 0.2) is 0 Å². The number of ether oxygens (including phenoxy) is 1. The quantitative estimate of drug-likeness (QED) is 0.331. The Kier molecular flexibility index (Phi) is 6.71. The van der Waals surface area contributed by atoms with Crippen molar-refractivity contribution in [1.29, 1.82) is 0 Å². The molecule has 15 heteroatoms. The van der Waals surface area contributed by atoms with Crippen molar-refractivity contribution in [3.05, 3.63) is 70.6 Å². The highest BCUT2D eigenvalue weighted by atomic mass is 19.4. The fourth-order valence-corrected chi connectivity index (χ4v) is 5.46. The first-order chi connectivity index (χ1) is 19.9. The second kappa shape index (κ2) is 10.2. The van der Waals surface area contributed by atoms with E-state index >= 15 is 4.39 Å². The number of aromatic nitrogens is 4. The van der Waals surface area contributed by atoms with E-state index in [-0.39, 0.29) is 78.7 Å². The van der Waals surface area contributed by atoms with E-state index in [1.807, 2.05) is 0 Å². The average Bonchev–Trinajstić information content (AvgIpc) is 3.46. The number of halogens is 6. The number of imidazole rings is 1. The zero-order valence-corrected chi connectivity index (χ0v) is 22.1. The zero-order valence-electron chi connectivity index (χ0n) is 22.1. The molecule has 3 aromatic heterocycles. The molecule has 1 fully saturated rings. The van der Waals surface area contributed by atoms with E-state index in [0.717, 1.165) is 17.0 Å². The van der Waals surface area contributed by atoms with Crippen LogP contribution in [0.1, 0.15) is 46.1 Å². The molecule has 0 aliphatic carbocycles. The molecule has 2 aliphatic heterocycles. The first kappa shape index (κ1) is 27.8. The number of piperidine rings is 1. The first-order valence-electron chi connectivity index (χ1n) is 12.9. The number of anilines is 2. The van der Waals surface area contributed by atoms with Gasteiger partial charge in [0.1, 0.15) is 23.0 Å². The van der Waals surface area contributed by atoms with Crippen molar-refractivity contribution in [2.75, 3.05) is 37.4 Å². The van der Waals surface area contributed by atoms with Crippen molar-refractivity contribution >= 4 is 34.1 Å². The van der Waals surface area contributed by atoms with Crippen molar-refractivity contribution in [1.82, 2.24) is 24.3 Å². The SMILES string of the molecule is CN(C(=O)c1cc2c(cc1F)nc(N)c1cncn12)C1COCc2nc(N3CCC(=C(F)F)CC3)c(C(F)(F)F)cc21. The van der Waals surface area contributed by atoms with Gasteiger partial charge in [-0.2, -0.15) is 22.0 Å². The molecule has 0 bridgehead atoms. The van der Waals surface area contributed by atoms with Gasteiger partial charge < -0.3 is 20.3 Å². The highest BCUT2D eigenvalue weighted by Gasteiger charge is 2.40. The third-order valence-electron chi connectivity index (χ3n) is 7.71. The van der Waals surface area contributed by atoms with Gasteiger partial charge in [-0.1, -0.05) is 0 Å². The molecule has 1 saturated heterocycles. The number of carbonyl (C=O) groups excluding carboxylic acids is 1. The number of nitrogens with zero attached hydrogens (tertiary/aromatic N) is 6. The summed E-state index contributed by atoms with van der Waals surface area (Å²) in [5.41, 5.74) is 5.71. The maximum atomic E-state index is 15.2. The average molecular weight is 592 g/mol. The predicted octanol–water partition coefficient (Wildman–Crippen LogP) is 5.11. The largest absolute Gasteiger partial charge is 0.419 e. The number of alkyl halides is 3. The van der Waals surface area contributed by atoms with Crippen LogP contribution in [-0.2, 0) is 17.5 Å². The van der Waals surface area contributed by atoms with Crippen molar-refractivity contribution in [2.45, 2.75) is 31.7 Å². The molecule has 0 saturated carbocycles. The van der Waals surface area contributed by atoms with E-state index < -0.39 is 35.6 Å². The van der Waals surface area contributed by atoms with Crippen LogP contribution < -0.4 is 10.6 Å². The minimum absolute atomic E-state index is 0.0594. The molecule has 4 aromatic rings. The Morgan fingerprint density at radius 1 is 1.12 bits per heavy atom. The van der Waals surface area contributed by atoms with Crippen molar-refractivity contribution in [3.63, 3.8) is 0 Å². The monoisotopic (exact) mass is 591 g/mol. The van der Waals surface area contributed by atoms with Gasteiger partial charge in [0.2, 0.25) is 0 Å². The van der Waals surface area contributed by atoms with E-state index in [9.17, 15) is 26.7 Å². The van der Waals surface area contributed by atoms with Crippen LogP contribution in [0.5, 0.6) is 0 Å². The zero-order chi connectivity index (χ0) is 29.9.